The van der Waals surface area contributed by atoms with Crippen molar-refractivity contribution in [2.24, 2.45) is 0 Å². The summed E-state index contributed by atoms with van der Waals surface area (Å²) in [6, 6.07) is 0.179. The topological polar surface area (TPSA) is 61.0 Å². The van der Waals surface area contributed by atoms with Gasteiger partial charge in [0.2, 0.25) is 0 Å². The highest BCUT2D eigenvalue weighted by molar-refractivity contribution is 5.74. The predicted octanol–water partition coefficient (Wildman–Crippen LogP) is 2.83. The fraction of sp³-hybridized carbons (Fsp3) is 0.714. The van der Waals surface area contributed by atoms with Gasteiger partial charge in [-0.2, -0.15) is 0 Å². The van der Waals surface area contributed by atoms with Gasteiger partial charge in [-0.1, -0.05) is 26.2 Å². The second kappa shape index (κ2) is 7.81. The largest absolute Gasteiger partial charge is 0.345 e. The lowest BCUT2D eigenvalue weighted by molar-refractivity contribution is 0.201. The molecule has 0 aliphatic carbocycles. The van der Waals surface area contributed by atoms with Crippen LogP contribution in [0.3, 0.4) is 0 Å². The molecule has 0 aliphatic rings. The van der Waals surface area contributed by atoms with E-state index >= 15 is 0 Å². The fourth-order valence-electron chi connectivity index (χ4n) is 1.94. The van der Waals surface area contributed by atoms with Gasteiger partial charge in [-0.15, -0.1) is 0 Å². The number of nitrogens with zero attached hydrogens (tertiary/aromatic N) is 2. The van der Waals surface area contributed by atoms with E-state index in [1.54, 1.807) is 18.1 Å². The Morgan fingerprint density at radius 1 is 1.53 bits per heavy atom. The highest BCUT2D eigenvalue weighted by Crippen LogP contribution is 2.04. The molecule has 5 nitrogen and oxygen atoms in total. The number of aromatic amines is 1. The molecule has 1 heterocycles. The third-order valence-electron chi connectivity index (χ3n) is 3.10. The third-order valence-corrected chi connectivity index (χ3v) is 3.10. The number of carbonyl (C=O) groups is 1. The molecule has 0 aromatic carbocycles. The van der Waals surface area contributed by atoms with Crippen LogP contribution >= 0.6 is 0 Å². The first kappa shape index (κ1) is 15.5. The Morgan fingerprint density at radius 3 is 2.84 bits per heavy atom. The monoisotopic (exact) mass is 266 g/mol. The fourth-order valence-corrected chi connectivity index (χ4v) is 1.94. The maximum absolute atomic E-state index is 12.0. The molecule has 0 radical (unpaired) electrons. The normalized spacial score (nSPS) is 12.2. The Hall–Kier alpha value is -1.52. The summed E-state index contributed by atoms with van der Waals surface area (Å²) in [5, 5.41) is 3.01. The van der Waals surface area contributed by atoms with Crippen LogP contribution in [0.1, 0.15) is 51.0 Å². The molecule has 0 saturated carbocycles. The maximum Gasteiger partial charge on any atom is 0.317 e. The van der Waals surface area contributed by atoms with E-state index in [1.165, 1.54) is 19.3 Å². The highest BCUT2D eigenvalue weighted by Gasteiger charge is 2.13. The molecule has 1 aromatic heterocycles. The second-order valence-electron chi connectivity index (χ2n) is 5.22. The Bertz CT molecular complexity index is 389. The number of H-pyrrole nitrogens is 1. The number of imidazole rings is 1. The van der Waals surface area contributed by atoms with E-state index in [-0.39, 0.29) is 12.1 Å². The summed E-state index contributed by atoms with van der Waals surface area (Å²) < 4.78 is 0. The average Bonchev–Trinajstić information content (AvgIpc) is 2.75. The van der Waals surface area contributed by atoms with Crippen molar-refractivity contribution in [2.45, 2.75) is 59.0 Å². The first-order valence-electron chi connectivity index (χ1n) is 7.05. The van der Waals surface area contributed by atoms with E-state index < -0.39 is 0 Å². The summed E-state index contributed by atoms with van der Waals surface area (Å²) in [7, 11) is 1.78. The van der Waals surface area contributed by atoms with Gasteiger partial charge in [0.05, 0.1) is 6.54 Å². The molecular weight excluding hydrogens is 240 g/mol. The minimum atomic E-state index is -0.0435. The van der Waals surface area contributed by atoms with Crippen molar-refractivity contribution >= 4 is 6.03 Å². The molecule has 0 bridgehead atoms. The van der Waals surface area contributed by atoms with Gasteiger partial charge in [-0.3, -0.25) is 0 Å². The molecule has 108 valence electrons. The molecule has 0 spiro atoms. The lowest BCUT2D eigenvalue weighted by Gasteiger charge is -2.20. The van der Waals surface area contributed by atoms with Crippen molar-refractivity contribution in [3.63, 3.8) is 0 Å². The SMILES string of the molecule is CCCCC[C@@H](C)NC(=O)N(C)Cc1ncc(C)[nH]1. The standard InChI is InChI=1S/C14H26N4O/c1-5-6-7-8-11(2)17-14(19)18(4)10-13-15-9-12(3)16-13/h9,11H,5-8,10H2,1-4H3,(H,15,16)(H,17,19)/t11-/m1/s1. The van der Waals surface area contributed by atoms with Crippen LogP contribution in [0.25, 0.3) is 0 Å². The highest BCUT2D eigenvalue weighted by atomic mass is 16.2. The number of nitrogens with one attached hydrogen (secondary N) is 2. The van der Waals surface area contributed by atoms with Gasteiger partial charge in [0.15, 0.2) is 0 Å². The Labute approximate surface area is 115 Å². The van der Waals surface area contributed by atoms with Crippen LogP contribution in [0.15, 0.2) is 6.20 Å². The second-order valence-corrected chi connectivity index (χ2v) is 5.22. The summed E-state index contributed by atoms with van der Waals surface area (Å²) in [4.78, 5) is 20.9. The molecule has 2 amide bonds. The smallest absolute Gasteiger partial charge is 0.317 e. The molecule has 1 aromatic rings. The first-order valence-corrected chi connectivity index (χ1v) is 7.05. The maximum atomic E-state index is 12.0. The van der Waals surface area contributed by atoms with Gasteiger partial charge in [0.25, 0.3) is 0 Å². The zero-order valence-electron chi connectivity index (χ0n) is 12.5. The Kier molecular flexibility index (Phi) is 6.39. The number of amides is 2. The molecule has 0 aliphatic heterocycles. The van der Waals surface area contributed by atoms with E-state index in [4.69, 9.17) is 0 Å². The van der Waals surface area contributed by atoms with E-state index in [1.807, 2.05) is 6.92 Å². The van der Waals surface area contributed by atoms with Gasteiger partial charge in [-0.05, 0) is 20.3 Å². The number of rotatable bonds is 7. The zero-order valence-corrected chi connectivity index (χ0v) is 12.5. The molecule has 1 rings (SSSR count). The van der Waals surface area contributed by atoms with Crippen molar-refractivity contribution in [1.29, 1.82) is 0 Å². The van der Waals surface area contributed by atoms with Crippen LogP contribution in [0.4, 0.5) is 4.79 Å². The predicted molar refractivity (Wildman–Crippen MR) is 76.9 cm³/mol. The molecule has 0 fully saturated rings. The van der Waals surface area contributed by atoms with E-state index in [0.717, 1.165) is 17.9 Å². The van der Waals surface area contributed by atoms with Crippen molar-refractivity contribution in [2.75, 3.05) is 7.05 Å². The minimum Gasteiger partial charge on any atom is -0.345 e. The molecule has 19 heavy (non-hydrogen) atoms. The van der Waals surface area contributed by atoms with Crippen LogP contribution in [-0.4, -0.2) is 34.0 Å². The summed E-state index contributed by atoms with van der Waals surface area (Å²) in [5.41, 5.74) is 1.01. The zero-order chi connectivity index (χ0) is 14.3. The number of aryl methyl sites for hydroxylation is 1. The van der Waals surface area contributed by atoms with Crippen molar-refractivity contribution in [1.82, 2.24) is 20.2 Å². The minimum absolute atomic E-state index is 0.0435. The summed E-state index contributed by atoms with van der Waals surface area (Å²) >= 11 is 0. The van der Waals surface area contributed by atoms with Crippen LogP contribution in [0, 0.1) is 6.92 Å². The molecule has 5 heteroatoms. The lowest BCUT2D eigenvalue weighted by atomic mass is 10.1. The Balaban J connectivity index is 2.31. The molecule has 1 atom stereocenters. The molecular formula is C14H26N4O. The van der Waals surface area contributed by atoms with Crippen molar-refractivity contribution in [3.8, 4) is 0 Å². The van der Waals surface area contributed by atoms with Gasteiger partial charge < -0.3 is 15.2 Å². The van der Waals surface area contributed by atoms with Crippen LogP contribution < -0.4 is 5.32 Å². The number of hydrogen-bond acceptors (Lipinski definition) is 2. The number of urea groups is 1. The van der Waals surface area contributed by atoms with E-state index in [9.17, 15) is 4.79 Å². The summed E-state index contributed by atoms with van der Waals surface area (Å²) in [5.74, 6) is 0.814. The molecule has 2 N–H and O–H groups in total. The summed E-state index contributed by atoms with van der Waals surface area (Å²) in [6.45, 7) is 6.69. The van der Waals surface area contributed by atoms with E-state index in [0.29, 0.717) is 6.54 Å². The number of aromatic nitrogens is 2. The quantitative estimate of drug-likeness (QED) is 0.745. The number of carbonyl (C=O) groups excluding carboxylic acids is 1. The van der Waals surface area contributed by atoms with Crippen molar-refractivity contribution in [3.05, 3.63) is 17.7 Å². The number of hydrogen-bond donors (Lipinski definition) is 2. The summed E-state index contributed by atoms with van der Waals surface area (Å²) in [6.07, 6.45) is 6.40. The average molecular weight is 266 g/mol. The van der Waals surface area contributed by atoms with Gasteiger partial charge in [-0.25, -0.2) is 9.78 Å². The van der Waals surface area contributed by atoms with Crippen LogP contribution in [-0.2, 0) is 6.54 Å². The molecule has 0 saturated heterocycles. The van der Waals surface area contributed by atoms with Crippen LogP contribution in [0.5, 0.6) is 0 Å². The lowest BCUT2D eigenvalue weighted by Crippen LogP contribution is -2.41. The first-order chi connectivity index (χ1) is 9.02. The van der Waals surface area contributed by atoms with Gasteiger partial charge in [0, 0.05) is 25.0 Å². The van der Waals surface area contributed by atoms with Gasteiger partial charge in [0.1, 0.15) is 5.82 Å². The van der Waals surface area contributed by atoms with Crippen LogP contribution in [0.2, 0.25) is 0 Å². The number of unbranched alkanes of at least 4 members (excludes halogenated alkanes) is 2. The van der Waals surface area contributed by atoms with Gasteiger partial charge >= 0.3 is 6.03 Å². The van der Waals surface area contributed by atoms with Crippen molar-refractivity contribution < 1.29 is 4.79 Å². The third kappa shape index (κ3) is 5.77. The van der Waals surface area contributed by atoms with E-state index in [2.05, 4.69) is 29.1 Å². The molecule has 0 unspecified atom stereocenters. The Morgan fingerprint density at radius 2 is 2.26 bits per heavy atom.